The smallest absolute Gasteiger partial charge is 0.293 e. The molecule has 1 N–H and O–H groups in total. The number of rotatable bonds is 6. The number of imide groups is 1. The van der Waals surface area contributed by atoms with Gasteiger partial charge in [0, 0.05) is 37.6 Å². The van der Waals surface area contributed by atoms with Crippen molar-refractivity contribution in [2.45, 2.75) is 6.42 Å². The van der Waals surface area contributed by atoms with Gasteiger partial charge in [0.25, 0.3) is 11.1 Å². The van der Waals surface area contributed by atoms with Crippen LogP contribution in [-0.2, 0) is 23.1 Å². The van der Waals surface area contributed by atoms with E-state index < -0.39 is 17.0 Å². The number of aromatic nitrogens is 2. The van der Waals surface area contributed by atoms with Gasteiger partial charge in [-0.05, 0) is 23.9 Å². The Bertz CT molecular complexity index is 925. The van der Waals surface area contributed by atoms with Crippen LogP contribution in [-0.4, -0.2) is 44.6 Å². The van der Waals surface area contributed by atoms with Crippen LogP contribution >= 0.6 is 11.8 Å². The third-order valence-corrected chi connectivity index (χ3v) is 4.89. The Morgan fingerprint density at radius 2 is 2.11 bits per heavy atom. The number of carbonyl (C=O) groups excluding carboxylic acids is 3. The fourth-order valence-corrected chi connectivity index (χ4v) is 3.37. The normalized spacial score (nSPS) is 15.6. The van der Waals surface area contributed by atoms with E-state index in [1.165, 1.54) is 18.2 Å². The van der Waals surface area contributed by atoms with E-state index >= 15 is 0 Å². The van der Waals surface area contributed by atoms with E-state index in [4.69, 9.17) is 0 Å². The lowest BCUT2D eigenvalue weighted by molar-refractivity contribution is -0.124. The standard InChI is InChI=1S/C18H17FN4O3S/c1-22-11-20-10-13(22)9-16(24)21-6-7-23-17(25)15(27-18(23)26)8-12-4-2-3-5-14(12)19/h2-5,8,10-11H,6-7,9H2,1H3,(H,21,24)/b15-8-. The van der Waals surface area contributed by atoms with Crippen molar-refractivity contribution < 1.29 is 18.8 Å². The van der Waals surface area contributed by atoms with Gasteiger partial charge in [-0.3, -0.25) is 19.3 Å². The first-order chi connectivity index (χ1) is 13.0. The summed E-state index contributed by atoms with van der Waals surface area (Å²) in [5, 5.41) is 2.23. The summed E-state index contributed by atoms with van der Waals surface area (Å²) in [6, 6.07) is 6.01. The second-order valence-corrected chi connectivity index (χ2v) is 6.87. The van der Waals surface area contributed by atoms with E-state index in [2.05, 4.69) is 10.3 Å². The molecular formula is C18H17FN4O3S. The van der Waals surface area contributed by atoms with E-state index in [1.807, 2.05) is 0 Å². The molecule has 0 bridgehead atoms. The zero-order valence-corrected chi connectivity index (χ0v) is 15.3. The molecule has 1 aliphatic rings. The molecule has 9 heteroatoms. The molecule has 140 valence electrons. The van der Waals surface area contributed by atoms with Gasteiger partial charge in [0.2, 0.25) is 5.91 Å². The highest BCUT2D eigenvalue weighted by Gasteiger charge is 2.34. The van der Waals surface area contributed by atoms with Gasteiger partial charge in [0.05, 0.1) is 17.7 Å². The lowest BCUT2D eigenvalue weighted by Crippen LogP contribution is -2.37. The monoisotopic (exact) mass is 388 g/mol. The Labute approximate surface area is 159 Å². The van der Waals surface area contributed by atoms with E-state index in [0.29, 0.717) is 0 Å². The summed E-state index contributed by atoms with van der Waals surface area (Å²) >= 11 is 0.757. The highest BCUT2D eigenvalue weighted by atomic mass is 32.2. The van der Waals surface area contributed by atoms with Crippen LogP contribution < -0.4 is 5.32 Å². The SMILES string of the molecule is Cn1cncc1CC(=O)NCCN1C(=O)S/C(=C\c2ccccc2F)C1=O. The first-order valence-electron chi connectivity index (χ1n) is 8.17. The molecule has 0 spiro atoms. The van der Waals surface area contributed by atoms with Gasteiger partial charge in [-0.25, -0.2) is 9.37 Å². The van der Waals surface area contributed by atoms with Crippen LogP contribution in [0.1, 0.15) is 11.3 Å². The number of nitrogens with zero attached hydrogens (tertiary/aromatic N) is 3. The number of aryl methyl sites for hydroxylation is 1. The second kappa shape index (κ2) is 8.17. The van der Waals surface area contributed by atoms with Crippen LogP contribution in [0.5, 0.6) is 0 Å². The minimum absolute atomic E-state index is 0.0520. The van der Waals surface area contributed by atoms with Gasteiger partial charge in [-0.2, -0.15) is 0 Å². The largest absolute Gasteiger partial charge is 0.354 e. The van der Waals surface area contributed by atoms with Crippen molar-refractivity contribution in [2.75, 3.05) is 13.1 Å². The zero-order valence-electron chi connectivity index (χ0n) is 14.5. The third-order valence-electron chi connectivity index (χ3n) is 3.98. The van der Waals surface area contributed by atoms with Crippen LogP contribution in [0.25, 0.3) is 6.08 Å². The van der Waals surface area contributed by atoms with Crippen molar-refractivity contribution in [1.82, 2.24) is 19.8 Å². The lowest BCUT2D eigenvalue weighted by Gasteiger charge is -2.13. The number of amides is 3. The van der Waals surface area contributed by atoms with Gasteiger partial charge in [0.1, 0.15) is 5.82 Å². The molecule has 2 heterocycles. The molecule has 1 fully saturated rings. The van der Waals surface area contributed by atoms with E-state index in [9.17, 15) is 18.8 Å². The van der Waals surface area contributed by atoms with Gasteiger partial charge < -0.3 is 9.88 Å². The number of benzene rings is 1. The summed E-state index contributed by atoms with van der Waals surface area (Å²) < 4.78 is 15.5. The molecule has 27 heavy (non-hydrogen) atoms. The summed E-state index contributed by atoms with van der Waals surface area (Å²) in [6.07, 6.45) is 4.72. The van der Waals surface area contributed by atoms with Crippen molar-refractivity contribution in [3.63, 3.8) is 0 Å². The highest BCUT2D eigenvalue weighted by Crippen LogP contribution is 2.32. The Morgan fingerprint density at radius 1 is 1.33 bits per heavy atom. The van der Waals surface area contributed by atoms with Crippen molar-refractivity contribution >= 4 is 34.9 Å². The van der Waals surface area contributed by atoms with E-state index in [1.54, 1.807) is 36.3 Å². The predicted molar refractivity (Wildman–Crippen MR) is 99.0 cm³/mol. The molecule has 0 radical (unpaired) electrons. The molecule has 3 amide bonds. The maximum atomic E-state index is 13.7. The summed E-state index contributed by atoms with van der Waals surface area (Å²) in [5.41, 5.74) is 0.999. The molecule has 1 saturated heterocycles. The molecule has 0 aliphatic carbocycles. The van der Waals surface area contributed by atoms with Crippen LogP contribution in [0.3, 0.4) is 0 Å². The molecular weight excluding hydrogens is 371 g/mol. The van der Waals surface area contributed by atoms with Crippen molar-refractivity contribution in [2.24, 2.45) is 7.05 Å². The Kier molecular flexibility index (Phi) is 5.70. The van der Waals surface area contributed by atoms with Crippen LogP contribution in [0, 0.1) is 5.82 Å². The maximum Gasteiger partial charge on any atom is 0.293 e. The van der Waals surface area contributed by atoms with Crippen molar-refractivity contribution in [1.29, 1.82) is 0 Å². The van der Waals surface area contributed by atoms with Crippen LogP contribution in [0.2, 0.25) is 0 Å². The molecule has 1 aromatic carbocycles. The Morgan fingerprint density at radius 3 is 2.81 bits per heavy atom. The van der Waals surface area contributed by atoms with E-state index in [-0.39, 0.29) is 35.9 Å². The molecule has 1 aliphatic heterocycles. The lowest BCUT2D eigenvalue weighted by atomic mass is 10.2. The molecule has 2 aromatic rings. The highest BCUT2D eigenvalue weighted by molar-refractivity contribution is 8.18. The minimum atomic E-state index is -0.492. The van der Waals surface area contributed by atoms with Gasteiger partial charge >= 0.3 is 0 Å². The van der Waals surface area contributed by atoms with Crippen LogP contribution in [0.15, 0.2) is 41.7 Å². The number of nitrogens with one attached hydrogen (secondary N) is 1. The summed E-state index contributed by atoms with van der Waals surface area (Å²) in [6.45, 7) is 0.193. The molecule has 0 unspecified atom stereocenters. The fraction of sp³-hybridized carbons (Fsp3) is 0.222. The summed E-state index contributed by atoms with van der Waals surface area (Å²) in [4.78, 5) is 41.5. The average molecular weight is 388 g/mol. The molecule has 3 rings (SSSR count). The number of halogens is 1. The minimum Gasteiger partial charge on any atom is -0.354 e. The first kappa shape index (κ1) is 18.8. The number of thioether (sulfide) groups is 1. The second-order valence-electron chi connectivity index (χ2n) is 5.88. The maximum absolute atomic E-state index is 13.7. The van der Waals surface area contributed by atoms with E-state index in [0.717, 1.165) is 22.4 Å². The summed E-state index contributed by atoms with van der Waals surface area (Å²) in [5.74, 6) is -1.19. The number of hydrogen-bond acceptors (Lipinski definition) is 5. The molecule has 7 nitrogen and oxygen atoms in total. The zero-order chi connectivity index (χ0) is 19.4. The van der Waals surface area contributed by atoms with Crippen molar-refractivity contribution in [3.05, 3.63) is 58.8 Å². The van der Waals surface area contributed by atoms with Gasteiger partial charge in [0.15, 0.2) is 0 Å². The fourth-order valence-electron chi connectivity index (χ4n) is 2.52. The average Bonchev–Trinajstić information content (AvgIpc) is 3.14. The number of hydrogen-bond donors (Lipinski definition) is 1. The molecule has 1 aromatic heterocycles. The third kappa shape index (κ3) is 4.43. The Hall–Kier alpha value is -2.94. The van der Waals surface area contributed by atoms with Crippen molar-refractivity contribution in [3.8, 4) is 0 Å². The quantitative estimate of drug-likeness (QED) is 0.765. The topological polar surface area (TPSA) is 84.3 Å². The van der Waals surface area contributed by atoms with Gasteiger partial charge in [-0.15, -0.1) is 0 Å². The van der Waals surface area contributed by atoms with Gasteiger partial charge in [-0.1, -0.05) is 18.2 Å². The number of imidazole rings is 1. The predicted octanol–water partition coefficient (Wildman–Crippen LogP) is 1.95. The molecule has 0 atom stereocenters. The molecule has 0 saturated carbocycles. The summed E-state index contributed by atoms with van der Waals surface area (Å²) in [7, 11) is 1.79. The van der Waals surface area contributed by atoms with Crippen LogP contribution in [0.4, 0.5) is 9.18 Å². The number of carbonyl (C=O) groups is 3. The Balaban J connectivity index is 1.56. The first-order valence-corrected chi connectivity index (χ1v) is 8.99.